The number of nitrogens with zero attached hydrogens (tertiary/aromatic N) is 3. The van der Waals surface area contributed by atoms with Crippen molar-refractivity contribution in [2.75, 3.05) is 5.75 Å². The lowest BCUT2D eigenvalue weighted by Gasteiger charge is -2.00. The van der Waals surface area contributed by atoms with E-state index in [0.29, 0.717) is 5.17 Å². The maximum absolute atomic E-state index is 10.9. The van der Waals surface area contributed by atoms with E-state index in [0.717, 1.165) is 18.3 Å². The molecular formula is C10H8N4O5S. The fourth-order valence-corrected chi connectivity index (χ4v) is 2.00. The number of rotatable bonds is 3. The van der Waals surface area contributed by atoms with Crippen molar-refractivity contribution in [2.24, 2.45) is 10.2 Å². The first-order chi connectivity index (χ1) is 9.47. The molecular weight excluding hydrogens is 288 g/mol. The maximum atomic E-state index is 10.9. The number of phenols is 2. The molecule has 0 bridgehead atoms. The highest BCUT2D eigenvalue weighted by Gasteiger charge is 2.18. The van der Waals surface area contributed by atoms with Gasteiger partial charge in [-0.3, -0.25) is 14.9 Å². The lowest BCUT2D eigenvalue weighted by atomic mass is 10.2. The molecule has 0 unspecified atom stereocenters. The Morgan fingerprint density at radius 3 is 2.80 bits per heavy atom. The van der Waals surface area contributed by atoms with Crippen molar-refractivity contribution < 1.29 is 19.9 Å². The molecule has 0 atom stereocenters. The molecule has 1 amide bonds. The normalized spacial score (nSPS) is 16.8. The van der Waals surface area contributed by atoms with E-state index in [4.69, 9.17) is 0 Å². The van der Waals surface area contributed by atoms with E-state index >= 15 is 0 Å². The van der Waals surface area contributed by atoms with Crippen LogP contribution in [0, 0.1) is 10.1 Å². The van der Waals surface area contributed by atoms with Gasteiger partial charge in [-0.15, -0.1) is 5.10 Å². The van der Waals surface area contributed by atoms with Crippen molar-refractivity contribution >= 4 is 34.7 Å². The number of nitro groups is 1. The molecule has 1 fully saturated rings. The second-order valence-electron chi connectivity index (χ2n) is 3.65. The number of nitrogens with one attached hydrogen (secondary N) is 1. The minimum atomic E-state index is -0.828. The van der Waals surface area contributed by atoms with Crippen LogP contribution < -0.4 is 5.32 Å². The van der Waals surface area contributed by atoms with Gasteiger partial charge in [-0.05, 0) is 6.07 Å². The van der Waals surface area contributed by atoms with Crippen LogP contribution >= 0.6 is 11.8 Å². The fourth-order valence-electron chi connectivity index (χ4n) is 1.37. The quantitative estimate of drug-likeness (QED) is 0.322. The van der Waals surface area contributed by atoms with Crippen molar-refractivity contribution in [1.82, 2.24) is 5.32 Å². The van der Waals surface area contributed by atoms with Crippen LogP contribution in [0.2, 0.25) is 0 Å². The van der Waals surface area contributed by atoms with Gasteiger partial charge >= 0.3 is 5.69 Å². The van der Waals surface area contributed by atoms with Gasteiger partial charge < -0.3 is 15.5 Å². The standard InChI is InChI=1S/C10H8N4O5S/c15-7-2-5(1-6(9(7)17)14(18)19)3-11-13-10-12-8(16)4-20-10/h1-3,15,17H,4H2,(H,12,13,16). The number of nitro benzene ring substituents is 1. The van der Waals surface area contributed by atoms with Crippen molar-refractivity contribution in [3.63, 3.8) is 0 Å². The Morgan fingerprint density at radius 2 is 2.20 bits per heavy atom. The Morgan fingerprint density at radius 1 is 1.45 bits per heavy atom. The second kappa shape index (κ2) is 5.57. The Hall–Kier alpha value is -2.62. The zero-order chi connectivity index (χ0) is 14.7. The van der Waals surface area contributed by atoms with E-state index in [1.54, 1.807) is 0 Å². The van der Waals surface area contributed by atoms with Crippen molar-refractivity contribution in [1.29, 1.82) is 0 Å². The lowest BCUT2D eigenvalue weighted by Crippen LogP contribution is -2.19. The van der Waals surface area contributed by atoms with Gasteiger partial charge in [0.05, 0.1) is 16.9 Å². The predicted octanol–water partition coefficient (Wildman–Crippen LogP) is 0.559. The van der Waals surface area contributed by atoms with E-state index < -0.39 is 22.1 Å². The summed E-state index contributed by atoms with van der Waals surface area (Å²) in [7, 11) is 0. The summed E-state index contributed by atoms with van der Waals surface area (Å²) < 4.78 is 0. The summed E-state index contributed by atoms with van der Waals surface area (Å²) in [6.07, 6.45) is 1.16. The average molecular weight is 296 g/mol. The minimum Gasteiger partial charge on any atom is -0.504 e. The summed E-state index contributed by atoms with van der Waals surface area (Å²) >= 11 is 1.18. The van der Waals surface area contributed by atoms with Gasteiger partial charge in [0.25, 0.3) is 0 Å². The number of carbonyl (C=O) groups is 1. The largest absolute Gasteiger partial charge is 0.504 e. The number of thioether (sulfide) groups is 1. The van der Waals surface area contributed by atoms with Crippen molar-refractivity contribution in [3.05, 3.63) is 27.8 Å². The maximum Gasteiger partial charge on any atom is 0.315 e. The van der Waals surface area contributed by atoms with Crippen LogP contribution in [-0.2, 0) is 4.79 Å². The van der Waals surface area contributed by atoms with Crippen LogP contribution in [0.5, 0.6) is 11.5 Å². The van der Waals surface area contributed by atoms with E-state index in [2.05, 4.69) is 15.5 Å². The fraction of sp³-hybridized carbons (Fsp3) is 0.100. The van der Waals surface area contributed by atoms with E-state index in [9.17, 15) is 25.1 Å². The van der Waals surface area contributed by atoms with E-state index in [1.165, 1.54) is 11.8 Å². The minimum absolute atomic E-state index is 0.179. The molecule has 1 aromatic rings. The summed E-state index contributed by atoms with van der Waals surface area (Å²) in [5.41, 5.74) is -0.451. The molecule has 10 heteroatoms. The zero-order valence-corrected chi connectivity index (χ0v) is 10.6. The number of amidine groups is 1. The first-order valence-electron chi connectivity index (χ1n) is 5.21. The second-order valence-corrected chi connectivity index (χ2v) is 4.62. The highest BCUT2D eigenvalue weighted by atomic mass is 32.2. The van der Waals surface area contributed by atoms with Gasteiger partial charge in [0.2, 0.25) is 11.7 Å². The number of hydrogen-bond acceptors (Lipinski definition) is 8. The number of amides is 1. The molecule has 1 saturated heterocycles. The lowest BCUT2D eigenvalue weighted by molar-refractivity contribution is -0.386. The molecule has 0 saturated carbocycles. The van der Waals surface area contributed by atoms with Gasteiger partial charge in [-0.25, -0.2) is 0 Å². The first-order valence-corrected chi connectivity index (χ1v) is 6.20. The Bertz CT molecular complexity index is 643. The van der Waals surface area contributed by atoms with E-state index in [1.807, 2.05) is 0 Å². The van der Waals surface area contributed by atoms with Crippen molar-refractivity contribution in [2.45, 2.75) is 0 Å². The van der Waals surface area contributed by atoms with Crippen LogP contribution in [0.1, 0.15) is 5.56 Å². The smallest absolute Gasteiger partial charge is 0.315 e. The Labute approximate surface area is 116 Å². The number of aromatic hydroxyl groups is 2. The Balaban J connectivity index is 2.21. The van der Waals surface area contributed by atoms with Gasteiger partial charge in [-0.2, -0.15) is 5.10 Å². The van der Waals surface area contributed by atoms with Gasteiger partial charge in [0.15, 0.2) is 10.9 Å². The van der Waals surface area contributed by atoms with Gasteiger partial charge in [-0.1, -0.05) is 11.8 Å². The van der Waals surface area contributed by atoms with Crippen LogP contribution in [0.25, 0.3) is 0 Å². The molecule has 1 heterocycles. The number of hydrogen-bond donors (Lipinski definition) is 3. The van der Waals surface area contributed by atoms with Crippen LogP contribution in [0.3, 0.4) is 0 Å². The summed E-state index contributed by atoms with van der Waals surface area (Å²) in [6, 6.07) is 2.14. The molecule has 0 aromatic heterocycles. The average Bonchev–Trinajstić information content (AvgIpc) is 2.79. The molecule has 1 aromatic carbocycles. The highest BCUT2D eigenvalue weighted by molar-refractivity contribution is 8.15. The van der Waals surface area contributed by atoms with Crippen LogP contribution in [0.4, 0.5) is 5.69 Å². The third kappa shape index (κ3) is 3.03. The van der Waals surface area contributed by atoms with Crippen LogP contribution in [0.15, 0.2) is 22.3 Å². The number of benzene rings is 1. The first kappa shape index (κ1) is 13.8. The van der Waals surface area contributed by atoms with Gasteiger partial charge in [0.1, 0.15) is 0 Å². The predicted molar refractivity (Wildman–Crippen MR) is 72.1 cm³/mol. The third-order valence-corrected chi connectivity index (χ3v) is 3.09. The summed E-state index contributed by atoms with van der Waals surface area (Å²) in [6.45, 7) is 0. The van der Waals surface area contributed by atoms with Gasteiger partial charge in [0, 0.05) is 11.6 Å². The molecule has 9 nitrogen and oxygen atoms in total. The zero-order valence-electron chi connectivity index (χ0n) is 9.81. The summed E-state index contributed by atoms with van der Waals surface area (Å²) in [5.74, 6) is -1.35. The SMILES string of the molecule is O=C1CSC(=NN=Cc2cc(O)c(O)c([N+](=O)[O-])c2)N1. The number of carbonyl (C=O) groups excluding carboxylic acids is 1. The Kier molecular flexibility index (Phi) is 3.84. The molecule has 3 N–H and O–H groups in total. The van der Waals surface area contributed by atoms with E-state index in [-0.39, 0.29) is 17.2 Å². The third-order valence-electron chi connectivity index (χ3n) is 2.23. The summed E-state index contributed by atoms with van der Waals surface area (Å²) in [5, 5.41) is 39.4. The molecule has 104 valence electrons. The monoisotopic (exact) mass is 296 g/mol. The highest BCUT2D eigenvalue weighted by Crippen LogP contribution is 2.35. The topological polar surface area (TPSA) is 137 Å². The molecule has 1 aliphatic heterocycles. The molecule has 0 aliphatic carbocycles. The molecule has 1 aliphatic rings. The van der Waals surface area contributed by atoms with Crippen LogP contribution in [-0.4, -0.2) is 38.2 Å². The molecule has 0 spiro atoms. The number of phenolic OH excluding ortho intramolecular Hbond substituents is 2. The molecule has 0 radical (unpaired) electrons. The molecule has 2 rings (SSSR count). The summed E-state index contributed by atoms with van der Waals surface area (Å²) in [4.78, 5) is 20.7. The molecule has 20 heavy (non-hydrogen) atoms. The van der Waals surface area contributed by atoms with Crippen molar-refractivity contribution in [3.8, 4) is 11.5 Å².